The van der Waals surface area contributed by atoms with Crippen LogP contribution in [0.3, 0.4) is 0 Å². The fourth-order valence-corrected chi connectivity index (χ4v) is 2.27. The van der Waals surface area contributed by atoms with E-state index < -0.39 is 0 Å². The number of benzene rings is 1. The highest BCUT2D eigenvalue weighted by molar-refractivity contribution is 7.96. The van der Waals surface area contributed by atoms with Crippen LogP contribution in [0.2, 0.25) is 0 Å². The molecule has 0 bridgehead atoms. The Morgan fingerprint density at radius 1 is 1.23 bits per heavy atom. The maximum atomic E-state index is 12.2. The third-order valence-electron chi connectivity index (χ3n) is 2.97. The fourth-order valence-electron chi connectivity index (χ4n) is 1.79. The van der Waals surface area contributed by atoms with Crippen LogP contribution >= 0.6 is 11.9 Å². The first-order valence-electron chi connectivity index (χ1n) is 6.82. The van der Waals surface area contributed by atoms with E-state index >= 15 is 0 Å². The number of amides is 2. The molecule has 0 radical (unpaired) electrons. The van der Waals surface area contributed by atoms with Crippen molar-refractivity contribution < 1.29 is 4.79 Å². The third kappa shape index (κ3) is 4.60. The number of nitrogens with one attached hydrogen (secondary N) is 1. The summed E-state index contributed by atoms with van der Waals surface area (Å²) in [6, 6.07) is 15.1. The van der Waals surface area contributed by atoms with Crippen molar-refractivity contribution >= 4 is 23.7 Å². The molecule has 2 amide bonds. The molecule has 1 aromatic carbocycles. The lowest BCUT2D eigenvalue weighted by atomic mass is 10.2. The van der Waals surface area contributed by atoms with E-state index in [1.807, 2.05) is 61.7 Å². The quantitative estimate of drug-likeness (QED) is 0.523. The average molecular weight is 314 g/mol. The van der Waals surface area contributed by atoms with Crippen LogP contribution in [0.15, 0.2) is 59.8 Å². The molecule has 0 unspecified atom stereocenters. The zero-order valence-corrected chi connectivity index (χ0v) is 13.4. The van der Waals surface area contributed by atoms with Gasteiger partial charge in [0.1, 0.15) is 0 Å². The Labute approximate surface area is 134 Å². The Balaban J connectivity index is 1.98. The summed E-state index contributed by atoms with van der Waals surface area (Å²) in [5, 5.41) is 4.10. The van der Waals surface area contributed by atoms with Crippen molar-refractivity contribution in [3.05, 3.63) is 66.0 Å². The lowest BCUT2D eigenvalue weighted by Gasteiger charge is -2.18. The second-order valence-corrected chi connectivity index (χ2v) is 5.34. The summed E-state index contributed by atoms with van der Waals surface area (Å²) in [4.78, 5) is 16.4. The highest BCUT2D eigenvalue weighted by Gasteiger charge is 2.12. The Morgan fingerprint density at radius 2 is 1.95 bits per heavy atom. The number of carbonyl (C=O) groups excluding carboxylic acids is 1. The fraction of sp³-hybridized carbons (Fsp3) is 0.188. The number of hydrogen-bond donors (Lipinski definition) is 1. The third-order valence-corrected chi connectivity index (χ3v) is 3.71. The molecule has 0 atom stereocenters. The average Bonchev–Trinajstić information content (AvgIpc) is 2.59. The first kappa shape index (κ1) is 16.0. The topological polar surface area (TPSA) is 57.6 Å². The maximum absolute atomic E-state index is 12.2. The molecular formula is C16H18N4OS. The predicted octanol–water partition coefficient (Wildman–Crippen LogP) is 3.30. The van der Waals surface area contributed by atoms with Gasteiger partial charge in [-0.15, -0.1) is 0 Å². The molecule has 6 heteroatoms. The molecule has 0 aliphatic carbocycles. The van der Waals surface area contributed by atoms with Crippen LogP contribution in [0.1, 0.15) is 18.2 Å². The van der Waals surface area contributed by atoms with Gasteiger partial charge in [-0.1, -0.05) is 36.4 Å². The van der Waals surface area contributed by atoms with E-state index in [9.17, 15) is 4.79 Å². The molecule has 0 spiro atoms. The van der Waals surface area contributed by atoms with Crippen LogP contribution in [0.5, 0.6) is 0 Å². The second kappa shape index (κ2) is 8.19. The number of carbonyl (C=O) groups is 1. The summed E-state index contributed by atoms with van der Waals surface area (Å²) < 4.78 is 1.62. The van der Waals surface area contributed by atoms with Crippen molar-refractivity contribution in [1.82, 2.24) is 14.7 Å². The summed E-state index contributed by atoms with van der Waals surface area (Å²) >= 11 is 1.36. The van der Waals surface area contributed by atoms with Gasteiger partial charge in [0, 0.05) is 12.5 Å². The monoisotopic (exact) mass is 314 g/mol. The minimum Gasteiger partial charge on any atom is -0.263 e. The Morgan fingerprint density at radius 3 is 2.59 bits per heavy atom. The normalized spacial score (nSPS) is 11.1. The highest BCUT2D eigenvalue weighted by atomic mass is 32.2. The summed E-state index contributed by atoms with van der Waals surface area (Å²) in [6.45, 7) is 2.33. The van der Waals surface area contributed by atoms with E-state index in [2.05, 4.69) is 15.5 Å². The molecule has 0 saturated carbocycles. The Kier molecular flexibility index (Phi) is 5.97. The van der Waals surface area contributed by atoms with Gasteiger partial charge in [0.15, 0.2) is 0 Å². The number of nitrogens with zero attached hydrogens (tertiary/aromatic N) is 3. The van der Waals surface area contributed by atoms with E-state index in [4.69, 9.17) is 0 Å². The van der Waals surface area contributed by atoms with Gasteiger partial charge in [-0.3, -0.25) is 9.29 Å². The van der Waals surface area contributed by atoms with E-state index in [1.54, 1.807) is 10.5 Å². The number of urea groups is 1. The van der Waals surface area contributed by atoms with Crippen molar-refractivity contribution in [2.24, 2.45) is 5.10 Å². The largest absolute Gasteiger partial charge is 0.348 e. The van der Waals surface area contributed by atoms with Crippen molar-refractivity contribution in [2.75, 3.05) is 6.26 Å². The molecular weight excluding hydrogens is 296 g/mol. The molecule has 5 nitrogen and oxygen atoms in total. The van der Waals surface area contributed by atoms with Crippen molar-refractivity contribution in [3.8, 4) is 0 Å². The maximum Gasteiger partial charge on any atom is 0.348 e. The van der Waals surface area contributed by atoms with E-state index in [1.165, 1.54) is 11.9 Å². The van der Waals surface area contributed by atoms with Gasteiger partial charge in [-0.25, -0.2) is 10.2 Å². The molecule has 2 rings (SSSR count). The second-order valence-electron chi connectivity index (χ2n) is 4.53. The van der Waals surface area contributed by atoms with Crippen molar-refractivity contribution in [2.45, 2.75) is 13.5 Å². The zero-order valence-electron chi connectivity index (χ0n) is 12.6. The molecule has 0 aliphatic heterocycles. The number of pyridine rings is 1. The minimum absolute atomic E-state index is 0.258. The van der Waals surface area contributed by atoms with Crippen molar-refractivity contribution in [1.29, 1.82) is 0 Å². The molecule has 1 aromatic heterocycles. The molecule has 0 fully saturated rings. The van der Waals surface area contributed by atoms with Crippen molar-refractivity contribution in [3.63, 3.8) is 0 Å². The van der Waals surface area contributed by atoms with E-state index in [-0.39, 0.29) is 6.03 Å². The molecule has 22 heavy (non-hydrogen) atoms. The Hall–Kier alpha value is -2.34. The summed E-state index contributed by atoms with van der Waals surface area (Å²) in [6.07, 6.45) is 3.55. The first-order chi connectivity index (χ1) is 10.7. The standard InChI is InChI=1S/C16H18N4OS/c1-13(15-10-6-7-11-17-15)18-19-16(21)20(22-2)12-14-8-4-3-5-9-14/h3-11H,12H2,1-2H3,(H,19,21)/b18-13-. The van der Waals surface area contributed by atoms with Crippen LogP contribution in [0.4, 0.5) is 4.79 Å². The minimum atomic E-state index is -0.258. The lowest BCUT2D eigenvalue weighted by molar-refractivity contribution is 0.225. The van der Waals surface area contributed by atoms with Crippen LogP contribution in [-0.4, -0.2) is 27.3 Å². The molecule has 1 N–H and O–H groups in total. The summed E-state index contributed by atoms with van der Waals surface area (Å²) in [5.41, 5.74) is 5.03. The molecule has 0 saturated heterocycles. The molecule has 0 aliphatic rings. The summed E-state index contributed by atoms with van der Waals surface area (Å²) in [5.74, 6) is 0. The first-order valence-corrected chi connectivity index (χ1v) is 8.00. The molecule has 114 valence electrons. The lowest BCUT2D eigenvalue weighted by Crippen LogP contribution is -2.32. The van der Waals surface area contributed by atoms with Gasteiger partial charge in [-0.2, -0.15) is 5.10 Å². The van der Waals surface area contributed by atoms with Crippen LogP contribution in [-0.2, 0) is 6.54 Å². The molecule has 1 heterocycles. The van der Waals surface area contributed by atoms with Gasteiger partial charge in [0.05, 0.1) is 18.0 Å². The SMILES string of the molecule is CSN(Cc1ccccc1)C(=O)N/N=C(/C)c1ccccn1. The smallest absolute Gasteiger partial charge is 0.263 e. The number of hydrogen-bond acceptors (Lipinski definition) is 4. The molecule has 2 aromatic rings. The van der Waals surface area contributed by atoms with Crippen LogP contribution in [0.25, 0.3) is 0 Å². The highest BCUT2D eigenvalue weighted by Crippen LogP contribution is 2.12. The van der Waals surface area contributed by atoms with Crippen LogP contribution in [0, 0.1) is 0 Å². The van der Waals surface area contributed by atoms with Crippen LogP contribution < -0.4 is 5.43 Å². The van der Waals surface area contributed by atoms with Gasteiger partial charge in [0.2, 0.25) is 0 Å². The van der Waals surface area contributed by atoms with Gasteiger partial charge < -0.3 is 0 Å². The number of rotatable bonds is 5. The predicted molar refractivity (Wildman–Crippen MR) is 90.5 cm³/mol. The van der Waals surface area contributed by atoms with Gasteiger partial charge in [0.25, 0.3) is 0 Å². The van der Waals surface area contributed by atoms with Gasteiger partial charge >= 0.3 is 6.03 Å². The van der Waals surface area contributed by atoms with E-state index in [0.29, 0.717) is 12.3 Å². The van der Waals surface area contributed by atoms with E-state index in [0.717, 1.165) is 11.3 Å². The Bertz CT molecular complexity index is 631. The summed E-state index contributed by atoms with van der Waals surface area (Å²) in [7, 11) is 0. The number of hydrazone groups is 1. The van der Waals surface area contributed by atoms with Gasteiger partial charge in [-0.05, 0) is 36.6 Å². The zero-order chi connectivity index (χ0) is 15.8. The number of aromatic nitrogens is 1.